The second kappa shape index (κ2) is 8.10. The third kappa shape index (κ3) is 4.67. The van der Waals surface area contributed by atoms with E-state index in [2.05, 4.69) is 29.0 Å². The van der Waals surface area contributed by atoms with Crippen LogP contribution in [0.1, 0.15) is 37.7 Å². The molecule has 0 aliphatic carbocycles. The van der Waals surface area contributed by atoms with Gasteiger partial charge in [0.25, 0.3) is 0 Å². The number of ether oxygens (including phenoxy) is 1. The Balaban J connectivity index is 1.55. The predicted octanol–water partition coefficient (Wildman–Crippen LogP) is 0.936. The molecule has 1 aromatic heterocycles. The Hall–Kier alpha value is -1.73. The van der Waals surface area contributed by atoms with Gasteiger partial charge in [0.2, 0.25) is 5.91 Å². The van der Waals surface area contributed by atoms with Gasteiger partial charge < -0.3 is 19.9 Å². The zero-order chi connectivity index (χ0) is 17.8. The quantitative estimate of drug-likeness (QED) is 0.874. The molecular formula is C18H29N5O2. The van der Waals surface area contributed by atoms with Crippen LogP contribution in [-0.4, -0.2) is 72.8 Å². The lowest BCUT2D eigenvalue weighted by atomic mass is 10.1. The van der Waals surface area contributed by atoms with Crippen LogP contribution in [0.5, 0.6) is 0 Å². The summed E-state index contributed by atoms with van der Waals surface area (Å²) in [4.78, 5) is 25.9. The van der Waals surface area contributed by atoms with E-state index in [1.165, 1.54) is 0 Å². The molecule has 1 aromatic rings. The van der Waals surface area contributed by atoms with E-state index in [9.17, 15) is 4.79 Å². The van der Waals surface area contributed by atoms with E-state index in [-0.39, 0.29) is 11.9 Å². The van der Waals surface area contributed by atoms with Gasteiger partial charge in [0.05, 0.1) is 13.2 Å². The highest BCUT2D eigenvalue weighted by Crippen LogP contribution is 2.19. The molecule has 0 aromatic carbocycles. The summed E-state index contributed by atoms with van der Waals surface area (Å²) in [7, 11) is 0. The first-order chi connectivity index (χ1) is 12.0. The Kier molecular flexibility index (Phi) is 5.86. The monoisotopic (exact) mass is 347 g/mol. The third-order valence-corrected chi connectivity index (χ3v) is 4.75. The van der Waals surface area contributed by atoms with Crippen LogP contribution in [0.4, 0.5) is 5.82 Å². The number of aromatic nitrogens is 2. The van der Waals surface area contributed by atoms with E-state index in [4.69, 9.17) is 9.72 Å². The van der Waals surface area contributed by atoms with E-state index < -0.39 is 0 Å². The number of hydrogen-bond acceptors (Lipinski definition) is 6. The van der Waals surface area contributed by atoms with Crippen LogP contribution < -0.4 is 10.2 Å². The number of hydrogen-bond donors (Lipinski definition) is 1. The fraction of sp³-hybridized carbons (Fsp3) is 0.722. The second-order valence-electron chi connectivity index (χ2n) is 7.18. The van der Waals surface area contributed by atoms with Crippen LogP contribution in [0.25, 0.3) is 0 Å². The molecule has 2 fully saturated rings. The summed E-state index contributed by atoms with van der Waals surface area (Å²) < 4.78 is 5.43. The van der Waals surface area contributed by atoms with Gasteiger partial charge in [0, 0.05) is 62.9 Å². The summed E-state index contributed by atoms with van der Waals surface area (Å²) in [5.74, 6) is 2.39. The number of morpholine rings is 1. The van der Waals surface area contributed by atoms with Crippen molar-refractivity contribution in [3.63, 3.8) is 0 Å². The van der Waals surface area contributed by atoms with Crippen molar-refractivity contribution in [1.29, 1.82) is 0 Å². The van der Waals surface area contributed by atoms with Gasteiger partial charge in [-0.3, -0.25) is 4.79 Å². The number of nitrogens with zero attached hydrogens (tertiary/aromatic N) is 4. The Labute approximate surface area is 149 Å². The average molecular weight is 347 g/mol. The molecule has 0 saturated carbocycles. The van der Waals surface area contributed by atoms with Gasteiger partial charge in [-0.25, -0.2) is 9.97 Å². The number of aryl methyl sites for hydroxylation is 1. The Bertz CT molecular complexity index is 593. The molecule has 7 heteroatoms. The first kappa shape index (κ1) is 18.1. The van der Waals surface area contributed by atoms with Crippen molar-refractivity contribution in [2.45, 2.75) is 39.2 Å². The van der Waals surface area contributed by atoms with Crippen molar-refractivity contribution in [3.05, 3.63) is 17.6 Å². The minimum absolute atomic E-state index is 0.150. The molecule has 1 amide bonds. The van der Waals surface area contributed by atoms with Gasteiger partial charge in [-0.1, -0.05) is 13.8 Å². The first-order valence-electron chi connectivity index (χ1n) is 9.22. The zero-order valence-corrected chi connectivity index (χ0v) is 15.5. The number of anilines is 1. The summed E-state index contributed by atoms with van der Waals surface area (Å²) in [6, 6.07) is 2.18. The summed E-state index contributed by atoms with van der Waals surface area (Å²) in [5.41, 5.74) is 0.996. The van der Waals surface area contributed by atoms with Crippen LogP contribution in [0.3, 0.4) is 0 Å². The fourth-order valence-electron chi connectivity index (χ4n) is 3.27. The second-order valence-corrected chi connectivity index (χ2v) is 7.18. The standard InChI is InChI=1S/C18H29N5O2/c1-13(2)18-20-14(3)10-16(21-18)22-5-7-23(8-6-22)17(24)11-15-12-25-9-4-19-15/h10,13,15,19H,4-9,11-12H2,1-3H3. The number of carbonyl (C=O) groups is 1. The molecule has 7 nitrogen and oxygen atoms in total. The molecule has 2 aliphatic heterocycles. The number of rotatable bonds is 4. The average Bonchev–Trinajstić information content (AvgIpc) is 2.62. The van der Waals surface area contributed by atoms with Crippen molar-refractivity contribution < 1.29 is 9.53 Å². The lowest BCUT2D eigenvalue weighted by Gasteiger charge is -2.36. The van der Waals surface area contributed by atoms with E-state index in [1.807, 2.05) is 17.9 Å². The Morgan fingerprint density at radius 1 is 1.32 bits per heavy atom. The van der Waals surface area contributed by atoms with Crippen LogP contribution >= 0.6 is 0 Å². The van der Waals surface area contributed by atoms with E-state index in [0.717, 1.165) is 56.7 Å². The van der Waals surface area contributed by atoms with Gasteiger partial charge in [-0.05, 0) is 6.92 Å². The van der Waals surface area contributed by atoms with E-state index in [0.29, 0.717) is 18.9 Å². The van der Waals surface area contributed by atoms with E-state index in [1.54, 1.807) is 0 Å². The first-order valence-corrected chi connectivity index (χ1v) is 9.22. The maximum absolute atomic E-state index is 12.5. The van der Waals surface area contributed by atoms with Crippen molar-refractivity contribution in [3.8, 4) is 0 Å². The topological polar surface area (TPSA) is 70.6 Å². The normalized spacial score (nSPS) is 21.7. The maximum Gasteiger partial charge on any atom is 0.224 e. The highest BCUT2D eigenvalue weighted by molar-refractivity contribution is 5.77. The molecular weight excluding hydrogens is 318 g/mol. The smallest absolute Gasteiger partial charge is 0.224 e. The zero-order valence-electron chi connectivity index (χ0n) is 15.5. The Morgan fingerprint density at radius 2 is 2.08 bits per heavy atom. The molecule has 3 rings (SSSR count). The van der Waals surface area contributed by atoms with Crippen LogP contribution in [0.2, 0.25) is 0 Å². The molecule has 0 spiro atoms. The number of piperazine rings is 1. The largest absolute Gasteiger partial charge is 0.378 e. The number of nitrogens with one attached hydrogen (secondary N) is 1. The molecule has 1 atom stereocenters. The predicted molar refractivity (Wildman–Crippen MR) is 96.9 cm³/mol. The van der Waals surface area contributed by atoms with Gasteiger partial charge in [0.1, 0.15) is 11.6 Å². The van der Waals surface area contributed by atoms with Crippen LogP contribution in [0.15, 0.2) is 6.07 Å². The minimum Gasteiger partial charge on any atom is -0.378 e. The van der Waals surface area contributed by atoms with Gasteiger partial charge >= 0.3 is 0 Å². The highest BCUT2D eigenvalue weighted by atomic mass is 16.5. The molecule has 1 N–H and O–H groups in total. The molecule has 2 aliphatic rings. The van der Waals surface area contributed by atoms with Crippen molar-refractivity contribution in [2.24, 2.45) is 0 Å². The molecule has 1 unspecified atom stereocenters. The van der Waals surface area contributed by atoms with Gasteiger partial charge in [0.15, 0.2) is 0 Å². The number of carbonyl (C=O) groups excluding carboxylic acids is 1. The molecule has 0 bridgehead atoms. The number of amides is 1. The summed E-state index contributed by atoms with van der Waals surface area (Å²) in [6.45, 7) is 11.5. The maximum atomic E-state index is 12.5. The van der Waals surface area contributed by atoms with Crippen molar-refractivity contribution in [1.82, 2.24) is 20.2 Å². The fourth-order valence-corrected chi connectivity index (χ4v) is 3.27. The van der Waals surface area contributed by atoms with Crippen molar-refractivity contribution >= 4 is 11.7 Å². The summed E-state index contributed by atoms with van der Waals surface area (Å²) in [5, 5.41) is 3.35. The summed E-state index contributed by atoms with van der Waals surface area (Å²) >= 11 is 0. The lowest BCUT2D eigenvalue weighted by Crippen LogP contribution is -2.51. The lowest BCUT2D eigenvalue weighted by molar-refractivity contribution is -0.132. The van der Waals surface area contributed by atoms with Crippen LogP contribution in [-0.2, 0) is 9.53 Å². The Morgan fingerprint density at radius 3 is 2.72 bits per heavy atom. The van der Waals surface area contributed by atoms with Gasteiger partial charge in [-0.2, -0.15) is 0 Å². The van der Waals surface area contributed by atoms with Crippen LogP contribution in [0, 0.1) is 6.92 Å². The molecule has 25 heavy (non-hydrogen) atoms. The SMILES string of the molecule is Cc1cc(N2CCN(C(=O)CC3COCCN3)CC2)nc(C(C)C)n1. The van der Waals surface area contributed by atoms with E-state index >= 15 is 0 Å². The molecule has 3 heterocycles. The molecule has 2 saturated heterocycles. The van der Waals surface area contributed by atoms with Gasteiger partial charge in [-0.15, -0.1) is 0 Å². The molecule has 138 valence electrons. The third-order valence-electron chi connectivity index (χ3n) is 4.75. The summed E-state index contributed by atoms with van der Waals surface area (Å²) in [6.07, 6.45) is 0.518. The highest BCUT2D eigenvalue weighted by Gasteiger charge is 2.25. The van der Waals surface area contributed by atoms with Crippen molar-refractivity contribution in [2.75, 3.05) is 50.8 Å². The minimum atomic E-state index is 0.150. The molecule has 0 radical (unpaired) electrons.